The first-order valence-electron chi connectivity index (χ1n) is 6.38. The highest BCUT2D eigenvalue weighted by atomic mass is 35.5. The number of benzene rings is 1. The third-order valence-electron chi connectivity index (χ3n) is 2.64. The molecule has 0 amide bonds. The fourth-order valence-corrected chi connectivity index (χ4v) is 2.84. The zero-order valence-corrected chi connectivity index (χ0v) is 12.5. The minimum atomic E-state index is 0.769. The highest BCUT2D eigenvalue weighted by Gasteiger charge is 2.07. The van der Waals surface area contributed by atoms with Crippen LogP contribution in [-0.4, -0.2) is 11.5 Å². The molecular weight excluding hydrogens is 276 g/mol. The molecule has 2 rings (SSSR count). The molecule has 1 heterocycles. The van der Waals surface area contributed by atoms with Gasteiger partial charge in [-0.2, -0.15) is 0 Å². The maximum absolute atomic E-state index is 6.19. The van der Waals surface area contributed by atoms with Crippen molar-refractivity contribution in [2.24, 2.45) is 0 Å². The normalized spacial score (nSPS) is 10.6. The smallest absolute Gasteiger partial charge is 0.105 e. The number of nitrogens with zero attached hydrogens (tertiary/aromatic N) is 1. The van der Waals surface area contributed by atoms with Gasteiger partial charge < -0.3 is 5.32 Å². The summed E-state index contributed by atoms with van der Waals surface area (Å²) in [5, 5.41) is 5.19. The molecule has 0 bridgehead atoms. The molecule has 0 atom stereocenters. The van der Waals surface area contributed by atoms with Crippen molar-refractivity contribution in [3.63, 3.8) is 0 Å². The average Bonchev–Trinajstić information content (AvgIpc) is 2.43. The van der Waals surface area contributed by atoms with Gasteiger partial charge in [-0.1, -0.05) is 48.5 Å². The summed E-state index contributed by atoms with van der Waals surface area (Å²) in [6, 6.07) is 11.9. The number of pyridine rings is 1. The van der Waals surface area contributed by atoms with Crippen molar-refractivity contribution in [2.45, 2.75) is 29.8 Å². The largest absolute Gasteiger partial charge is 0.313 e. The van der Waals surface area contributed by atoms with E-state index in [9.17, 15) is 0 Å². The SMILES string of the molecule is CCCNCc1cccnc1Sc1ccccc1Cl. The van der Waals surface area contributed by atoms with E-state index in [0.717, 1.165) is 34.5 Å². The van der Waals surface area contributed by atoms with Crippen LogP contribution < -0.4 is 5.32 Å². The lowest BCUT2D eigenvalue weighted by Gasteiger charge is -2.09. The molecule has 19 heavy (non-hydrogen) atoms. The van der Waals surface area contributed by atoms with Gasteiger partial charge in [0, 0.05) is 17.6 Å². The van der Waals surface area contributed by atoms with E-state index in [-0.39, 0.29) is 0 Å². The molecule has 1 aromatic carbocycles. The maximum atomic E-state index is 6.19. The van der Waals surface area contributed by atoms with Gasteiger partial charge in [-0.05, 0) is 36.7 Å². The van der Waals surface area contributed by atoms with Gasteiger partial charge in [-0.3, -0.25) is 0 Å². The van der Waals surface area contributed by atoms with Crippen molar-refractivity contribution in [1.82, 2.24) is 10.3 Å². The fraction of sp³-hybridized carbons (Fsp3) is 0.267. The van der Waals surface area contributed by atoms with Crippen LogP contribution in [0.15, 0.2) is 52.5 Å². The van der Waals surface area contributed by atoms with E-state index < -0.39 is 0 Å². The van der Waals surface area contributed by atoms with Gasteiger partial charge in [0.05, 0.1) is 5.02 Å². The van der Waals surface area contributed by atoms with E-state index in [1.807, 2.05) is 36.5 Å². The monoisotopic (exact) mass is 292 g/mol. The van der Waals surface area contributed by atoms with Gasteiger partial charge in [0.25, 0.3) is 0 Å². The van der Waals surface area contributed by atoms with E-state index in [1.165, 1.54) is 5.56 Å². The van der Waals surface area contributed by atoms with Crippen LogP contribution in [-0.2, 0) is 6.54 Å². The Morgan fingerprint density at radius 1 is 1.21 bits per heavy atom. The van der Waals surface area contributed by atoms with Gasteiger partial charge in [-0.25, -0.2) is 4.98 Å². The predicted molar refractivity (Wildman–Crippen MR) is 81.8 cm³/mol. The van der Waals surface area contributed by atoms with E-state index in [2.05, 4.69) is 23.3 Å². The number of halogens is 1. The van der Waals surface area contributed by atoms with Crippen LogP contribution in [0.5, 0.6) is 0 Å². The van der Waals surface area contributed by atoms with Gasteiger partial charge in [-0.15, -0.1) is 0 Å². The topological polar surface area (TPSA) is 24.9 Å². The molecule has 0 radical (unpaired) electrons. The molecule has 0 fully saturated rings. The van der Waals surface area contributed by atoms with E-state index in [1.54, 1.807) is 11.8 Å². The molecule has 0 aliphatic carbocycles. The number of aromatic nitrogens is 1. The van der Waals surface area contributed by atoms with Crippen molar-refractivity contribution in [3.8, 4) is 0 Å². The molecule has 2 aromatic rings. The van der Waals surface area contributed by atoms with Crippen molar-refractivity contribution in [1.29, 1.82) is 0 Å². The zero-order valence-electron chi connectivity index (χ0n) is 10.9. The molecule has 4 heteroatoms. The molecule has 1 aromatic heterocycles. The summed E-state index contributed by atoms with van der Waals surface area (Å²) in [6.45, 7) is 4.02. The summed E-state index contributed by atoms with van der Waals surface area (Å²) < 4.78 is 0. The molecule has 2 nitrogen and oxygen atoms in total. The Labute approximate surface area is 123 Å². The summed E-state index contributed by atoms with van der Waals surface area (Å²) in [5.41, 5.74) is 1.21. The molecule has 1 N–H and O–H groups in total. The maximum Gasteiger partial charge on any atom is 0.105 e. The number of hydrogen-bond acceptors (Lipinski definition) is 3. The Hall–Kier alpha value is -1.03. The lowest BCUT2D eigenvalue weighted by molar-refractivity contribution is 0.665. The summed E-state index contributed by atoms with van der Waals surface area (Å²) in [5.74, 6) is 0. The van der Waals surface area contributed by atoms with Crippen molar-refractivity contribution >= 4 is 23.4 Å². The van der Waals surface area contributed by atoms with E-state index in [0.29, 0.717) is 0 Å². The van der Waals surface area contributed by atoms with E-state index in [4.69, 9.17) is 11.6 Å². The highest BCUT2D eigenvalue weighted by molar-refractivity contribution is 7.99. The lowest BCUT2D eigenvalue weighted by atomic mass is 10.3. The van der Waals surface area contributed by atoms with Crippen LogP contribution in [0, 0.1) is 0 Å². The standard InChI is InChI=1S/C15H17ClN2S/c1-2-9-17-11-12-6-5-10-18-15(12)19-14-8-4-3-7-13(14)16/h3-8,10,17H,2,9,11H2,1H3. The summed E-state index contributed by atoms with van der Waals surface area (Å²) in [6.07, 6.45) is 2.95. The van der Waals surface area contributed by atoms with Gasteiger partial charge in [0.1, 0.15) is 5.03 Å². The fourth-order valence-electron chi connectivity index (χ4n) is 1.68. The third kappa shape index (κ3) is 4.23. The zero-order chi connectivity index (χ0) is 13.5. The molecular formula is C15H17ClN2S. The van der Waals surface area contributed by atoms with E-state index >= 15 is 0 Å². The number of nitrogens with one attached hydrogen (secondary N) is 1. The molecule has 0 unspecified atom stereocenters. The first-order valence-corrected chi connectivity index (χ1v) is 7.57. The summed E-state index contributed by atoms with van der Waals surface area (Å²) >= 11 is 7.80. The second-order valence-electron chi connectivity index (χ2n) is 4.18. The first-order chi connectivity index (χ1) is 9.31. The van der Waals surface area contributed by atoms with Crippen LogP contribution >= 0.6 is 23.4 Å². The molecule has 100 valence electrons. The molecule has 0 spiro atoms. The second-order valence-corrected chi connectivity index (χ2v) is 5.61. The Balaban J connectivity index is 2.13. The van der Waals surface area contributed by atoms with Gasteiger partial charge in [0.2, 0.25) is 0 Å². The van der Waals surface area contributed by atoms with Crippen LogP contribution in [0.4, 0.5) is 0 Å². The average molecular weight is 293 g/mol. The minimum Gasteiger partial charge on any atom is -0.313 e. The van der Waals surface area contributed by atoms with Crippen LogP contribution in [0.2, 0.25) is 5.02 Å². The van der Waals surface area contributed by atoms with Crippen molar-refractivity contribution < 1.29 is 0 Å². The number of hydrogen-bond donors (Lipinski definition) is 1. The van der Waals surface area contributed by atoms with Gasteiger partial charge in [0.15, 0.2) is 0 Å². The lowest BCUT2D eigenvalue weighted by Crippen LogP contribution is -2.14. The van der Waals surface area contributed by atoms with Crippen molar-refractivity contribution in [2.75, 3.05) is 6.54 Å². The Kier molecular flexibility index (Phi) is 5.70. The first kappa shape index (κ1) is 14.4. The second kappa shape index (κ2) is 7.53. The third-order valence-corrected chi connectivity index (χ3v) is 4.21. The van der Waals surface area contributed by atoms with Crippen LogP contribution in [0.3, 0.4) is 0 Å². The van der Waals surface area contributed by atoms with Crippen LogP contribution in [0.1, 0.15) is 18.9 Å². The minimum absolute atomic E-state index is 0.769. The predicted octanol–water partition coefficient (Wildman–Crippen LogP) is 4.39. The Morgan fingerprint density at radius 2 is 2.05 bits per heavy atom. The summed E-state index contributed by atoms with van der Waals surface area (Å²) in [7, 11) is 0. The van der Waals surface area contributed by atoms with Gasteiger partial charge >= 0.3 is 0 Å². The molecule has 0 saturated carbocycles. The Morgan fingerprint density at radius 3 is 2.84 bits per heavy atom. The molecule has 0 saturated heterocycles. The molecule has 0 aliphatic heterocycles. The van der Waals surface area contributed by atoms with Crippen molar-refractivity contribution in [3.05, 3.63) is 53.2 Å². The number of rotatable bonds is 6. The molecule has 0 aliphatic rings. The summed E-state index contributed by atoms with van der Waals surface area (Å²) in [4.78, 5) is 5.50. The Bertz CT molecular complexity index is 531. The van der Waals surface area contributed by atoms with Crippen LogP contribution in [0.25, 0.3) is 0 Å². The quantitative estimate of drug-likeness (QED) is 0.800. The highest BCUT2D eigenvalue weighted by Crippen LogP contribution is 2.33.